The molecular formula is C16H26O3S. The predicted octanol–water partition coefficient (Wildman–Crippen LogP) is 4.42. The van der Waals surface area contributed by atoms with Gasteiger partial charge in [-0.3, -0.25) is 9.59 Å². The zero-order valence-corrected chi connectivity index (χ0v) is 13.2. The van der Waals surface area contributed by atoms with E-state index in [0.29, 0.717) is 0 Å². The van der Waals surface area contributed by atoms with Gasteiger partial charge in [-0.2, -0.15) is 0 Å². The van der Waals surface area contributed by atoms with Crippen molar-refractivity contribution in [1.82, 2.24) is 0 Å². The topological polar surface area (TPSA) is 54.4 Å². The molecule has 1 saturated heterocycles. The molecule has 1 rings (SSSR count). The minimum absolute atomic E-state index is 0.104. The number of carbonyl (C=O) groups excluding carboxylic acids is 1. The van der Waals surface area contributed by atoms with Gasteiger partial charge in [0.25, 0.3) is 0 Å². The molecule has 1 aliphatic rings. The highest BCUT2D eigenvalue weighted by molar-refractivity contribution is 8.15. The quantitative estimate of drug-likeness (QED) is 0.479. The van der Waals surface area contributed by atoms with Crippen LogP contribution in [-0.2, 0) is 9.59 Å². The molecule has 1 fully saturated rings. The number of hydrogen-bond donors (Lipinski definition) is 1. The van der Waals surface area contributed by atoms with Gasteiger partial charge >= 0.3 is 5.97 Å². The Morgan fingerprint density at radius 3 is 2.25 bits per heavy atom. The van der Waals surface area contributed by atoms with Gasteiger partial charge in [0.05, 0.1) is 5.92 Å². The summed E-state index contributed by atoms with van der Waals surface area (Å²) in [7, 11) is 0. The van der Waals surface area contributed by atoms with Crippen LogP contribution in [0.15, 0.2) is 12.2 Å². The first-order valence-corrected chi connectivity index (χ1v) is 8.58. The van der Waals surface area contributed by atoms with Gasteiger partial charge in [0.15, 0.2) is 0 Å². The van der Waals surface area contributed by atoms with Crippen LogP contribution in [0.2, 0.25) is 0 Å². The van der Waals surface area contributed by atoms with Crippen molar-refractivity contribution in [3.63, 3.8) is 0 Å². The van der Waals surface area contributed by atoms with Gasteiger partial charge in [-0.1, -0.05) is 76.6 Å². The van der Waals surface area contributed by atoms with Gasteiger partial charge < -0.3 is 5.11 Å². The Balaban J connectivity index is 2.16. The summed E-state index contributed by atoms with van der Waals surface area (Å²) in [6.45, 7) is 5.84. The fourth-order valence-corrected chi connectivity index (χ4v) is 3.90. The second-order valence-corrected chi connectivity index (χ2v) is 6.76. The molecule has 0 aromatic carbocycles. The SMILES string of the molecule is C=C1C(=O)S[C@H](CCCCCCCCCC)[C@H]1C(=O)O. The summed E-state index contributed by atoms with van der Waals surface area (Å²) in [5, 5.41) is 8.93. The van der Waals surface area contributed by atoms with Crippen LogP contribution >= 0.6 is 11.8 Å². The molecule has 0 unspecified atom stereocenters. The van der Waals surface area contributed by atoms with Crippen LogP contribution in [0.5, 0.6) is 0 Å². The van der Waals surface area contributed by atoms with Crippen LogP contribution in [0.3, 0.4) is 0 Å². The number of thioether (sulfide) groups is 1. The van der Waals surface area contributed by atoms with Crippen molar-refractivity contribution in [2.75, 3.05) is 0 Å². The molecule has 0 amide bonds. The number of carboxylic acid groups (broad SMARTS) is 1. The maximum absolute atomic E-state index is 11.5. The Kier molecular flexibility index (Phi) is 7.97. The minimum Gasteiger partial charge on any atom is -0.481 e. The van der Waals surface area contributed by atoms with Crippen molar-refractivity contribution in [2.45, 2.75) is 70.0 Å². The third-order valence-electron chi connectivity index (χ3n) is 3.88. The predicted molar refractivity (Wildman–Crippen MR) is 83.9 cm³/mol. The summed E-state index contributed by atoms with van der Waals surface area (Å²) in [5.41, 5.74) is 0.270. The average Bonchev–Trinajstić information content (AvgIpc) is 2.68. The van der Waals surface area contributed by atoms with Gasteiger partial charge in [-0.05, 0) is 6.42 Å². The first-order chi connectivity index (χ1) is 9.57. The summed E-state index contributed by atoms with van der Waals surface area (Å²) < 4.78 is 0. The van der Waals surface area contributed by atoms with E-state index in [1.54, 1.807) is 0 Å². The first-order valence-electron chi connectivity index (χ1n) is 7.70. The van der Waals surface area contributed by atoms with Gasteiger partial charge in [0.2, 0.25) is 5.12 Å². The average molecular weight is 298 g/mol. The van der Waals surface area contributed by atoms with E-state index in [2.05, 4.69) is 13.5 Å². The van der Waals surface area contributed by atoms with E-state index in [0.717, 1.165) is 19.3 Å². The van der Waals surface area contributed by atoms with E-state index in [1.807, 2.05) is 0 Å². The Hall–Kier alpha value is -0.770. The third kappa shape index (κ3) is 5.31. The number of hydrogen-bond acceptors (Lipinski definition) is 3. The highest BCUT2D eigenvalue weighted by atomic mass is 32.2. The monoisotopic (exact) mass is 298 g/mol. The molecule has 0 radical (unpaired) electrons. The Bertz CT molecular complexity index is 352. The van der Waals surface area contributed by atoms with Crippen LogP contribution in [0.1, 0.15) is 64.7 Å². The van der Waals surface area contributed by atoms with E-state index in [9.17, 15) is 9.59 Å². The van der Waals surface area contributed by atoms with Gasteiger partial charge in [0.1, 0.15) is 0 Å². The largest absolute Gasteiger partial charge is 0.481 e. The van der Waals surface area contributed by atoms with Crippen molar-refractivity contribution in [1.29, 1.82) is 0 Å². The van der Waals surface area contributed by atoms with Crippen LogP contribution in [0.4, 0.5) is 0 Å². The molecule has 0 spiro atoms. The lowest BCUT2D eigenvalue weighted by Crippen LogP contribution is -2.22. The summed E-state index contributed by atoms with van der Waals surface area (Å²) in [6, 6.07) is 0. The van der Waals surface area contributed by atoms with Gasteiger partial charge in [0, 0.05) is 10.8 Å². The molecule has 0 bridgehead atoms. The normalized spacial score (nSPS) is 22.4. The molecule has 0 saturated carbocycles. The number of unbranched alkanes of at least 4 members (excludes halogenated alkanes) is 7. The zero-order valence-electron chi connectivity index (χ0n) is 12.4. The molecule has 0 aromatic rings. The summed E-state index contributed by atoms with van der Waals surface area (Å²) >= 11 is 1.17. The first kappa shape index (κ1) is 17.3. The van der Waals surface area contributed by atoms with E-state index >= 15 is 0 Å². The standard InChI is InChI=1S/C16H26O3S/c1-3-4-5-6-7-8-9-10-11-13-14(15(17)18)12(2)16(19)20-13/h13-14H,2-11H2,1H3,(H,17,18)/t13-,14+/m1/s1. The van der Waals surface area contributed by atoms with E-state index in [-0.39, 0.29) is 15.9 Å². The molecule has 1 N–H and O–H groups in total. The van der Waals surface area contributed by atoms with Crippen LogP contribution in [0.25, 0.3) is 0 Å². The lowest BCUT2D eigenvalue weighted by atomic mass is 9.94. The van der Waals surface area contributed by atoms with Gasteiger partial charge in [-0.25, -0.2) is 0 Å². The van der Waals surface area contributed by atoms with E-state index in [4.69, 9.17) is 5.11 Å². The highest BCUT2D eigenvalue weighted by Crippen LogP contribution is 2.40. The lowest BCUT2D eigenvalue weighted by Gasteiger charge is -2.13. The summed E-state index contributed by atoms with van der Waals surface area (Å²) in [5.74, 6) is -1.57. The van der Waals surface area contributed by atoms with E-state index < -0.39 is 11.9 Å². The maximum atomic E-state index is 11.5. The fraction of sp³-hybridized carbons (Fsp3) is 0.750. The van der Waals surface area contributed by atoms with Crippen LogP contribution in [-0.4, -0.2) is 21.4 Å². The molecule has 20 heavy (non-hydrogen) atoms. The lowest BCUT2D eigenvalue weighted by molar-refractivity contribution is -0.140. The number of aliphatic carboxylic acids is 1. The summed E-state index contributed by atoms with van der Waals surface area (Å²) in [6.07, 6.45) is 10.7. The summed E-state index contributed by atoms with van der Waals surface area (Å²) in [4.78, 5) is 22.7. The molecule has 1 heterocycles. The molecule has 1 aliphatic heterocycles. The van der Waals surface area contributed by atoms with Crippen molar-refractivity contribution in [2.24, 2.45) is 5.92 Å². The number of carboxylic acids is 1. The molecule has 3 nitrogen and oxygen atoms in total. The molecule has 0 aliphatic carbocycles. The second kappa shape index (κ2) is 9.22. The van der Waals surface area contributed by atoms with E-state index in [1.165, 1.54) is 50.3 Å². The van der Waals surface area contributed by atoms with Crippen molar-refractivity contribution in [3.8, 4) is 0 Å². The fourth-order valence-electron chi connectivity index (χ4n) is 2.65. The van der Waals surface area contributed by atoms with Gasteiger partial charge in [-0.15, -0.1) is 0 Å². The number of rotatable bonds is 10. The maximum Gasteiger partial charge on any atom is 0.312 e. The molecular weight excluding hydrogens is 272 g/mol. The molecule has 114 valence electrons. The molecule has 2 atom stereocenters. The van der Waals surface area contributed by atoms with Crippen LogP contribution < -0.4 is 0 Å². The highest BCUT2D eigenvalue weighted by Gasteiger charge is 2.41. The Morgan fingerprint density at radius 1 is 1.15 bits per heavy atom. The Morgan fingerprint density at radius 2 is 1.70 bits per heavy atom. The van der Waals surface area contributed by atoms with Crippen molar-refractivity contribution in [3.05, 3.63) is 12.2 Å². The minimum atomic E-state index is -0.905. The van der Waals surface area contributed by atoms with Crippen molar-refractivity contribution >= 4 is 22.8 Å². The molecule has 4 heteroatoms. The molecule has 0 aromatic heterocycles. The Labute approximate surface area is 126 Å². The number of carbonyl (C=O) groups is 2. The smallest absolute Gasteiger partial charge is 0.312 e. The van der Waals surface area contributed by atoms with Crippen molar-refractivity contribution < 1.29 is 14.7 Å². The second-order valence-electron chi connectivity index (χ2n) is 5.55. The third-order valence-corrected chi connectivity index (χ3v) is 5.16. The van der Waals surface area contributed by atoms with Crippen LogP contribution in [0, 0.1) is 5.92 Å². The zero-order chi connectivity index (χ0) is 15.0.